The molecule has 13 heavy (non-hydrogen) atoms. The summed E-state index contributed by atoms with van der Waals surface area (Å²) in [5.74, 6) is 0. The third kappa shape index (κ3) is 2.58. The molecular weight excluding hydrogens is 214 g/mol. The van der Waals surface area contributed by atoms with E-state index in [2.05, 4.69) is 30.8 Å². The lowest BCUT2D eigenvalue weighted by Gasteiger charge is -2.45. The molecule has 0 aliphatic carbocycles. The summed E-state index contributed by atoms with van der Waals surface area (Å²) in [5, 5.41) is 0. The van der Waals surface area contributed by atoms with Gasteiger partial charge in [0.05, 0.1) is 0 Å². The number of rotatable bonds is 2. The maximum Gasteiger partial charge on any atom is 0.158 e. The summed E-state index contributed by atoms with van der Waals surface area (Å²) in [4.78, 5) is 0. The Kier molecular flexibility index (Phi) is 3.66. The van der Waals surface area contributed by atoms with Crippen LogP contribution in [0.15, 0.2) is 0 Å². The number of hydrogen-bond donors (Lipinski definition) is 0. The van der Waals surface area contributed by atoms with Crippen LogP contribution in [0.5, 0.6) is 0 Å². The Morgan fingerprint density at radius 1 is 0.923 bits per heavy atom. The molecule has 0 aromatic heterocycles. The molecular formula is C9H22ClNSi2. The fourth-order valence-electron chi connectivity index (χ4n) is 1.83. The highest BCUT2D eigenvalue weighted by Gasteiger charge is 2.44. The lowest BCUT2D eigenvalue weighted by Crippen LogP contribution is -2.64. The smallest absolute Gasteiger partial charge is 0.158 e. The van der Waals surface area contributed by atoms with E-state index in [1.807, 2.05) is 0 Å². The fraction of sp³-hybridized carbons (Fsp3) is 1.00. The molecule has 0 aromatic rings. The Bertz CT molecular complexity index is 171. The van der Waals surface area contributed by atoms with Crippen molar-refractivity contribution in [3.8, 4) is 0 Å². The summed E-state index contributed by atoms with van der Waals surface area (Å²) in [6.45, 7) is 10.7. The normalized spacial score (nSPS) is 21.9. The van der Waals surface area contributed by atoms with Crippen molar-refractivity contribution >= 4 is 25.7 Å². The Labute approximate surface area is 89.1 Å². The average Bonchev–Trinajstić information content (AvgIpc) is 2.04. The molecule has 1 nitrogen and oxygen atoms in total. The summed E-state index contributed by atoms with van der Waals surface area (Å²) in [6, 6.07) is 0. The first-order valence-electron chi connectivity index (χ1n) is 5.30. The number of hydrogen-bond acceptors (Lipinski definition) is 1. The molecule has 0 radical (unpaired) electrons. The van der Waals surface area contributed by atoms with Crippen molar-refractivity contribution < 1.29 is 0 Å². The van der Waals surface area contributed by atoms with Crippen LogP contribution < -0.4 is 0 Å². The minimum atomic E-state index is -1.44. The van der Waals surface area contributed by atoms with Crippen LogP contribution in [0.1, 0.15) is 19.3 Å². The van der Waals surface area contributed by atoms with E-state index in [0.29, 0.717) is 0 Å². The van der Waals surface area contributed by atoms with Gasteiger partial charge in [0.1, 0.15) is 7.75 Å². The zero-order valence-corrected chi connectivity index (χ0v) is 12.1. The minimum absolute atomic E-state index is 1.27. The van der Waals surface area contributed by atoms with Crippen molar-refractivity contribution in [2.24, 2.45) is 0 Å². The zero-order chi connectivity index (χ0) is 10.1. The molecule has 1 heterocycles. The maximum atomic E-state index is 6.62. The third-order valence-corrected chi connectivity index (χ3v) is 22.4. The first-order chi connectivity index (χ1) is 5.86. The molecule has 0 amide bonds. The molecule has 1 aliphatic rings. The van der Waals surface area contributed by atoms with Crippen LogP contribution in [0.3, 0.4) is 0 Å². The molecule has 1 rings (SSSR count). The van der Waals surface area contributed by atoms with Crippen LogP contribution in [0.25, 0.3) is 0 Å². The number of piperidine rings is 1. The van der Waals surface area contributed by atoms with Crippen LogP contribution in [0.2, 0.25) is 26.2 Å². The van der Waals surface area contributed by atoms with Gasteiger partial charge in [0.15, 0.2) is 6.90 Å². The standard InChI is InChI=1S/C9H22ClNSi2/c1-12(2,10)13(3,4)11-8-6-5-7-9-11/h5-9H2,1-4H3. The lowest BCUT2D eigenvalue weighted by molar-refractivity contribution is 0.350. The van der Waals surface area contributed by atoms with Crippen LogP contribution >= 0.6 is 11.1 Å². The highest BCUT2D eigenvalue weighted by atomic mass is 35.6. The maximum absolute atomic E-state index is 6.62. The van der Waals surface area contributed by atoms with Gasteiger partial charge in [-0.1, -0.05) is 32.6 Å². The molecule has 0 aromatic carbocycles. The third-order valence-electron chi connectivity index (χ3n) is 3.60. The molecule has 0 saturated carbocycles. The second-order valence-corrected chi connectivity index (χ2v) is 23.0. The summed E-state index contributed by atoms with van der Waals surface area (Å²) < 4.78 is 2.73. The van der Waals surface area contributed by atoms with Gasteiger partial charge in [0.25, 0.3) is 0 Å². The molecule has 0 atom stereocenters. The van der Waals surface area contributed by atoms with E-state index in [9.17, 15) is 0 Å². The first-order valence-corrected chi connectivity index (χ1v) is 13.3. The van der Waals surface area contributed by atoms with Gasteiger partial charge < -0.3 is 4.57 Å². The molecule has 4 heteroatoms. The molecule has 78 valence electrons. The van der Waals surface area contributed by atoms with Gasteiger partial charge in [-0.25, -0.2) is 0 Å². The van der Waals surface area contributed by atoms with Gasteiger partial charge in [-0.2, -0.15) is 11.1 Å². The summed E-state index contributed by atoms with van der Waals surface area (Å²) in [6.07, 6.45) is 4.20. The summed E-state index contributed by atoms with van der Waals surface area (Å²) in [7, 11) is -1.27. The van der Waals surface area contributed by atoms with Gasteiger partial charge in [0.2, 0.25) is 0 Å². The van der Waals surface area contributed by atoms with Crippen molar-refractivity contribution in [3.05, 3.63) is 0 Å². The SMILES string of the molecule is C[Si](C)(Cl)[Si](C)(C)N1CCCCC1. The molecule has 1 aliphatic heterocycles. The highest BCUT2D eigenvalue weighted by molar-refractivity contribution is 7.57. The van der Waals surface area contributed by atoms with Gasteiger partial charge in [-0.3, -0.25) is 0 Å². The Hall–Kier alpha value is 0.684. The minimum Gasteiger partial charge on any atom is -0.325 e. The van der Waals surface area contributed by atoms with Crippen molar-refractivity contribution in [1.82, 2.24) is 4.57 Å². The highest BCUT2D eigenvalue weighted by Crippen LogP contribution is 2.28. The van der Waals surface area contributed by atoms with E-state index in [1.165, 1.54) is 32.4 Å². The van der Waals surface area contributed by atoms with Crippen LogP contribution in [-0.2, 0) is 0 Å². The van der Waals surface area contributed by atoms with Gasteiger partial charge in [-0.15, -0.1) is 0 Å². The number of nitrogens with zero attached hydrogens (tertiary/aromatic N) is 1. The monoisotopic (exact) mass is 235 g/mol. The van der Waals surface area contributed by atoms with Crippen molar-refractivity contribution in [2.75, 3.05) is 13.1 Å². The molecule has 0 unspecified atom stereocenters. The van der Waals surface area contributed by atoms with E-state index in [4.69, 9.17) is 11.1 Å². The van der Waals surface area contributed by atoms with Crippen molar-refractivity contribution in [3.63, 3.8) is 0 Å². The van der Waals surface area contributed by atoms with E-state index in [0.717, 1.165) is 0 Å². The van der Waals surface area contributed by atoms with Gasteiger partial charge >= 0.3 is 0 Å². The Morgan fingerprint density at radius 2 is 1.38 bits per heavy atom. The quantitative estimate of drug-likeness (QED) is 0.525. The molecule has 0 bridgehead atoms. The zero-order valence-electron chi connectivity index (χ0n) is 9.36. The molecule has 0 N–H and O–H groups in total. The van der Waals surface area contributed by atoms with Crippen LogP contribution in [-0.4, -0.2) is 32.3 Å². The Balaban J connectivity index is 2.67. The van der Waals surface area contributed by atoms with Crippen molar-refractivity contribution in [1.29, 1.82) is 0 Å². The molecule has 1 fully saturated rings. The summed E-state index contributed by atoms with van der Waals surface area (Å²) in [5.41, 5.74) is 0. The average molecular weight is 236 g/mol. The van der Waals surface area contributed by atoms with Crippen LogP contribution in [0.4, 0.5) is 0 Å². The van der Waals surface area contributed by atoms with E-state index >= 15 is 0 Å². The predicted molar refractivity (Wildman–Crippen MR) is 66.2 cm³/mol. The predicted octanol–water partition coefficient (Wildman–Crippen LogP) is 3.20. The topological polar surface area (TPSA) is 3.24 Å². The van der Waals surface area contributed by atoms with Crippen LogP contribution in [0, 0.1) is 0 Å². The summed E-state index contributed by atoms with van der Waals surface area (Å²) >= 11 is 6.62. The van der Waals surface area contributed by atoms with E-state index < -0.39 is 14.7 Å². The second-order valence-electron chi connectivity index (χ2n) is 5.08. The van der Waals surface area contributed by atoms with Gasteiger partial charge in [-0.05, 0) is 25.9 Å². The molecule has 0 spiro atoms. The van der Waals surface area contributed by atoms with E-state index in [1.54, 1.807) is 0 Å². The number of halogens is 1. The first kappa shape index (κ1) is 11.8. The Morgan fingerprint density at radius 3 is 1.77 bits per heavy atom. The second kappa shape index (κ2) is 4.05. The fourth-order valence-corrected chi connectivity index (χ4v) is 8.02. The molecule has 1 saturated heterocycles. The lowest BCUT2D eigenvalue weighted by atomic mass is 10.2. The largest absolute Gasteiger partial charge is 0.325 e. The van der Waals surface area contributed by atoms with Crippen molar-refractivity contribution in [2.45, 2.75) is 45.5 Å². The van der Waals surface area contributed by atoms with E-state index in [-0.39, 0.29) is 0 Å². The van der Waals surface area contributed by atoms with Gasteiger partial charge in [0, 0.05) is 0 Å².